The molecule has 0 aromatic heterocycles. The van der Waals surface area contributed by atoms with Crippen LogP contribution in [0.25, 0.3) is 0 Å². The van der Waals surface area contributed by atoms with E-state index < -0.39 is 5.92 Å². The Kier molecular flexibility index (Phi) is 6.16. The van der Waals surface area contributed by atoms with Crippen molar-refractivity contribution in [2.75, 3.05) is 11.4 Å². The molecule has 0 aliphatic carbocycles. The summed E-state index contributed by atoms with van der Waals surface area (Å²) in [4.78, 5) is 26.5. The molecule has 1 aliphatic rings. The van der Waals surface area contributed by atoms with Gasteiger partial charge < -0.3 is 4.90 Å². The first-order valence-corrected chi connectivity index (χ1v) is 10.1. The van der Waals surface area contributed by atoms with E-state index in [-0.39, 0.29) is 23.7 Å². The van der Waals surface area contributed by atoms with Crippen LogP contribution in [-0.4, -0.2) is 24.6 Å². The highest BCUT2D eigenvalue weighted by atomic mass is 16.2. The van der Waals surface area contributed by atoms with Gasteiger partial charge >= 0.3 is 0 Å². The Balaban J connectivity index is 1.57. The zero-order valence-corrected chi connectivity index (χ0v) is 17.6. The molecule has 0 bridgehead atoms. The van der Waals surface area contributed by atoms with Gasteiger partial charge in [-0.15, -0.1) is 0 Å². The van der Waals surface area contributed by atoms with Crippen molar-refractivity contribution in [2.45, 2.75) is 46.0 Å². The first kappa shape index (κ1) is 20.8. The minimum absolute atomic E-state index is 0.0313. The van der Waals surface area contributed by atoms with Crippen molar-refractivity contribution in [1.29, 1.82) is 0 Å². The maximum atomic E-state index is 12.4. The summed E-state index contributed by atoms with van der Waals surface area (Å²) in [6.07, 6.45) is 2.79. The number of anilines is 1. The van der Waals surface area contributed by atoms with E-state index in [9.17, 15) is 9.59 Å². The Bertz CT molecular complexity index is 893. The SMILES string of the molecule is CCc1ccc(N2C[C@H](C(=O)N/N=C/c3ccc(C(C)(C)C)cc3)CC2=O)cc1. The summed E-state index contributed by atoms with van der Waals surface area (Å²) >= 11 is 0. The highest BCUT2D eigenvalue weighted by Crippen LogP contribution is 2.26. The highest BCUT2D eigenvalue weighted by molar-refractivity contribution is 6.00. The van der Waals surface area contributed by atoms with Gasteiger partial charge in [-0.05, 0) is 40.7 Å². The summed E-state index contributed by atoms with van der Waals surface area (Å²) in [6.45, 7) is 8.98. The van der Waals surface area contributed by atoms with Gasteiger partial charge in [-0.25, -0.2) is 5.43 Å². The second-order valence-corrected chi connectivity index (χ2v) is 8.53. The van der Waals surface area contributed by atoms with Gasteiger partial charge in [-0.3, -0.25) is 9.59 Å². The summed E-state index contributed by atoms with van der Waals surface area (Å²) < 4.78 is 0. The van der Waals surface area contributed by atoms with E-state index >= 15 is 0 Å². The average Bonchev–Trinajstić information content (AvgIpc) is 3.09. The molecular formula is C24H29N3O2. The van der Waals surface area contributed by atoms with Crippen LogP contribution in [0.3, 0.4) is 0 Å². The third kappa shape index (κ3) is 5.11. The Labute approximate surface area is 172 Å². The number of hydrogen-bond acceptors (Lipinski definition) is 3. The number of nitrogens with one attached hydrogen (secondary N) is 1. The number of hydrogen-bond donors (Lipinski definition) is 1. The van der Waals surface area contributed by atoms with Gasteiger partial charge in [0, 0.05) is 18.7 Å². The molecule has 0 radical (unpaired) electrons. The fourth-order valence-corrected chi connectivity index (χ4v) is 3.38. The molecule has 152 valence electrons. The Morgan fingerprint density at radius 1 is 1.14 bits per heavy atom. The molecule has 1 N–H and O–H groups in total. The molecular weight excluding hydrogens is 362 g/mol. The van der Waals surface area contributed by atoms with E-state index in [0.29, 0.717) is 6.54 Å². The van der Waals surface area contributed by atoms with Gasteiger partial charge in [0.05, 0.1) is 12.1 Å². The predicted molar refractivity (Wildman–Crippen MR) is 117 cm³/mol. The minimum Gasteiger partial charge on any atom is -0.312 e. The van der Waals surface area contributed by atoms with Crippen LogP contribution in [0.1, 0.15) is 50.8 Å². The average molecular weight is 392 g/mol. The van der Waals surface area contributed by atoms with E-state index in [1.807, 2.05) is 36.4 Å². The fourth-order valence-electron chi connectivity index (χ4n) is 3.38. The Morgan fingerprint density at radius 2 is 1.79 bits per heavy atom. The lowest BCUT2D eigenvalue weighted by Gasteiger charge is -2.18. The van der Waals surface area contributed by atoms with Crippen molar-refractivity contribution in [3.8, 4) is 0 Å². The summed E-state index contributed by atoms with van der Waals surface area (Å²) in [5, 5.41) is 4.07. The highest BCUT2D eigenvalue weighted by Gasteiger charge is 2.35. The Morgan fingerprint density at radius 3 is 2.38 bits per heavy atom. The molecule has 0 saturated carbocycles. The van der Waals surface area contributed by atoms with E-state index in [1.165, 1.54) is 11.1 Å². The zero-order valence-electron chi connectivity index (χ0n) is 17.6. The summed E-state index contributed by atoms with van der Waals surface area (Å²) in [7, 11) is 0. The molecule has 5 heteroatoms. The van der Waals surface area contributed by atoms with E-state index in [1.54, 1.807) is 11.1 Å². The third-order valence-corrected chi connectivity index (χ3v) is 5.32. The summed E-state index contributed by atoms with van der Waals surface area (Å²) in [5.41, 5.74) is 6.90. The lowest BCUT2D eigenvalue weighted by molar-refractivity contribution is -0.126. The molecule has 5 nitrogen and oxygen atoms in total. The molecule has 3 rings (SSSR count). The maximum absolute atomic E-state index is 12.4. The van der Waals surface area contributed by atoms with Gasteiger partial charge in [-0.2, -0.15) is 5.10 Å². The van der Waals surface area contributed by atoms with Gasteiger partial charge in [0.1, 0.15) is 0 Å². The quantitative estimate of drug-likeness (QED) is 0.617. The van der Waals surface area contributed by atoms with E-state index in [2.05, 4.69) is 50.4 Å². The molecule has 0 spiro atoms. The second-order valence-electron chi connectivity index (χ2n) is 8.53. The molecule has 1 aliphatic heterocycles. The maximum Gasteiger partial charge on any atom is 0.245 e. The lowest BCUT2D eigenvalue weighted by atomic mass is 9.87. The molecule has 29 heavy (non-hydrogen) atoms. The van der Waals surface area contributed by atoms with Gasteiger partial charge in [0.25, 0.3) is 0 Å². The molecule has 1 saturated heterocycles. The van der Waals surface area contributed by atoms with Crippen LogP contribution < -0.4 is 10.3 Å². The minimum atomic E-state index is -0.395. The topological polar surface area (TPSA) is 61.8 Å². The normalized spacial score (nSPS) is 17.2. The monoisotopic (exact) mass is 391 g/mol. The molecule has 2 aromatic rings. The van der Waals surface area contributed by atoms with Crippen LogP contribution in [0, 0.1) is 5.92 Å². The number of carbonyl (C=O) groups excluding carboxylic acids is 2. The van der Waals surface area contributed by atoms with Crippen LogP contribution in [-0.2, 0) is 21.4 Å². The summed E-state index contributed by atoms with van der Waals surface area (Å²) in [6, 6.07) is 16.0. The zero-order chi connectivity index (χ0) is 21.0. The number of rotatable bonds is 5. The largest absolute Gasteiger partial charge is 0.312 e. The fraction of sp³-hybridized carbons (Fsp3) is 0.375. The molecule has 1 fully saturated rings. The number of benzene rings is 2. The number of hydrazone groups is 1. The van der Waals surface area contributed by atoms with Crippen LogP contribution in [0.15, 0.2) is 53.6 Å². The number of nitrogens with zero attached hydrogens (tertiary/aromatic N) is 2. The molecule has 2 amide bonds. The van der Waals surface area contributed by atoms with Gasteiger partial charge in [0.2, 0.25) is 11.8 Å². The number of amides is 2. The smallest absolute Gasteiger partial charge is 0.245 e. The van der Waals surface area contributed by atoms with Crippen molar-refractivity contribution in [3.63, 3.8) is 0 Å². The van der Waals surface area contributed by atoms with Crippen LogP contribution in [0.4, 0.5) is 5.69 Å². The van der Waals surface area contributed by atoms with Crippen molar-refractivity contribution < 1.29 is 9.59 Å². The first-order valence-electron chi connectivity index (χ1n) is 10.1. The van der Waals surface area contributed by atoms with Crippen molar-refractivity contribution >= 4 is 23.7 Å². The predicted octanol–water partition coefficient (Wildman–Crippen LogP) is 4.05. The molecule has 1 atom stereocenters. The molecule has 1 heterocycles. The van der Waals surface area contributed by atoms with E-state index in [0.717, 1.165) is 17.7 Å². The van der Waals surface area contributed by atoms with E-state index in [4.69, 9.17) is 0 Å². The number of aryl methyl sites for hydroxylation is 1. The molecule has 0 unspecified atom stereocenters. The summed E-state index contributed by atoms with van der Waals surface area (Å²) in [5.74, 6) is -0.654. The first-order chi connectivity index (χ1) is 13.8. The van der Waals surface area contributed by atoms with Crippen molar-refractivity contribution in [2.24, 2.45) is 11.0 Å². The van der Waals surface area contributed by atoms with Crippen LogP contribution in [0.5, 0.6) is 0 Å². The molecule has 2 aromatic carbocycles. The Hall–Kier alpha value is -2.95. The second kappa shape index (κ2) is 8.60. The van der Waals surface area contributed by atoms with Crippen LogP contribution in [0.2, 0.25) is 0 Å². The standard InChI is InChI=1S/C24H29N3O2/c1-5-17-8-12-21(13-9-17)27-16-19(14-22(27)28)23(29)26-25-15-18-6-10-20(11-7-18)24(2,3)4/h6-13,15,19H,5,14,16H2,1-4H3,(H,26,29)/b25-15+/t19-/m1/s1. The lowest BCUT2D eigenvalue weighted by Crippen LogP contribution is -2.30. The number of carbonyl (C=O) groups is 2. The third-order valence-electron chi connectivity index (χ3n) is 5.32. The van der Waals surface area contributed by atoms with Gasteiger partial charge in [-0.1, -0.05) is 64.1 Å². The van der Waals surface area contributed by atoms with Crippen molar-refractivity contribution in [3.05, 3.63) is 65.2 Å². The van der Waals surface area contributed by atoms with Crippen molar-refractivity contribution in [1.82, 2.24) is 5.43 Å². The van der Waals surface area contributed by atoms with Crippen LogP contribution >= 0.6 is 0 Å². The van der Waals surface area contributed by atoms with Gasteiger partial charge in [0.15, 0.2) is 0 Å².